The molecule has 0 heterocycles. The van der Waals surface area contributed by atoms with Gasteiger partial charge in [-0.15, -0.1) is 0 Å². The SMILES string of the molecule is CNC(CCc1ccc(OC)c(F)c1)c1ccccc1. The van der Waals surface area contributed by atoms with Gasteiger partial charge in [-0.3, -0.25) is 0 Å². The van der Waals surface area contributed by atoms with Gasteiger partial charge < -0.3 is 10.1 Å². The van der Waals surface area contributed by atoms with Crippen LogP contribution in [0.25, 0.3) is 0 Å². The molecule has 1 unspecified atom stereocenters. The van der Waals surface area contributed by atoms with E-state index in [1.54, 1.807) is 12.1 Å². The third-order valence-electron chi connectivity index (χ3n) is 3.49. The predicted octanol–water partition coefficient (Wildman–Crippen LogP) is 3.73. The summed E-state index contributed by atoms with van der Waals surface area (Å²) >= 11 is 0. The fourth-order valence-corrected chi connectivity index (χ4v) is 2.34. The highest BCUT2D eigenvalue weighted by molar-refractivity contribution is 5.29. The Morgan fingerprint density at radius 2 is 1.90 bits per heavy atom. The second-order valence-electron chi connectivity index (χ2n) is 4.76. The van der Waals surface area contributed by atoms with Gasteiger partial charge >= 0.3 is 0 Å². The Labute approximate surface area is 119 Å². The summed E-state index contributed by atoms with van der Waals surface area (Å²) in [6.45, 7) is 0. The van der Waals surface area contributed by atoms with E-state index < -0.39 is 0 Å². The minimum absolute atomic E-state index is 0.279. The summed E-state index contributed by atoms with van der Waals surface area (Å²) in [4.78, 5) is 0. The first kappa shape index (κ1) is 14.5. The van der Waals surface area contributed by atoms with Crippen molar-refractivity contribution in [1.82, 2.24) is 5.32 Å². The zero-order chi connectivity index (χ0) is 14.4. The molecule has 3 heteroatoms. The van der Waals surface area contributed by atoms with E-state index >= 15 is 0 Å². The molecule has 0 radical (unpaired) electrons. The number of halogens is 1. The molecule has 0 amide bonds. The Hall–Kier alpha value is -1.87. The van der Waals surface area contributed by atoms with Crippen molar-refractivity contribution in [1.29, 1.82) is 0 Å². The first-order valence-corrected chi connectivity index (χ1v) is 6.79. The van der Waals surface area contributed by atoms with Crippen LogP contribution in [0, 0.1) is 5.82 Å². The van der Waals surface area contributed by atoms with E-state index in [1.807, 2.05) is 31.3 Å². The van der Waals surface area contributed by atoms with Gasteiger partial charge in [0.05, 0.1) is 7.11 Å². The van der Waals surface area contributed by atoms with Gasteiger partial charge in [-0.1, -0.05) is 36.4 Å². The topological polar surface area (TPSA) is 21.3 Å². The molecule has 20 heavy (non-hydrogen) atoms. The number of aryl methyl sites for hydroxylation is 1. The molecule has 2 aromatic carbocycles. The van der Waals surface area contributed by atoms with Gasteiger partial charge in [0.25, 0.3) is 0 Å². The first-order chi connectivity index (χ1) is 9.74. The van der Waals surface area contributed by atoms with Gasteiger partial charge in [-0.2, -0.15) is 0 Å². The molecule has 2 aromatic rings. The Morgan fingerprint density at radius 3 is 2.50 bits per heavy atom. The summed E-state index contributed by atoms with van der Waals surface area (Å²) in [7, 11) is 3.43. The smallest absolute Gasteiger partial charge is 0.165 e. The van der Waals surface area contributed by atoms with Crippen LogP contribution in [0.5, 0.6) is 5.75 Å². The number of methoxy groups -OCH3 is 1. The van der Waals surface area contributed by atoms with Crippen molar-refractivity contribution < 1.29 is 9.13 Å². The van der Waals surface area contributed by atoms with E-state index in [4.69, 9.17) is 4.74 Å². The molecule has 2 rings (SSSR count). The molecule has 2 nitrogen and oxygen atoms in total. The third kappa shape index (κ3) is 3.58. The Kier molecular flexibility index (Phi) is 5.13. The van der Waals surface area contributed by atoms with Crippen LogP contribution in [0.3, 0.4) is 0 Å². The van der Waals surface area contributed by atoms with Crippen LogP contribution in [0.15, 0.2) is 48.5 Å². The molecule has 0 aromatic heterocycles. The Morgan fingerprint density at radius 1 is 1.15 bits per heavy atom. The van der Waals surface area contributed by atoms with Gasteiger partial charge in [0.2, 0.25) is 0 Å². The van der Waals surface area contributed by atoms with Crippen LogP contribution < -0.4 is 10.1 Å². The van der Waals surface area contributed by atoms with Gasteiger partial charge in [-0.05, 0) is 43.1 Å². The number of ether oxygens (including phenoxy) is 1. The van der Waals surface area contributed by atoms with Crippen LogP contribution in [-0.4, -0.2) is 14.2 Å². The lowest BCUT2D eigenvalue weighted by Gasteiger charge is -2.16. The summed E-state index contributed by atoms with van der Waals surface area (Å²) in [5.41, 5.74) is 2.24. The lowest BCUT2D eigenvalue weighted by molar-refractivity contribution is 0.386. The van der Waals surface area contributed by atoms with E-state index in [1.165, 1.54) is 12.7 Å². The van der Waals surface area contributed by atoms with Crippen molar-refractivity contribution >= 4 is 0 Å². The number of hydrogen-bond donors (Lipinski definition) is 1. The lowest BCUT2D eigenvalue weighted by atomic mass is 9.99. The zero-order valence-electron chi connectivity index (χ0n) is 11.9. The summed E-state index contributed by atoms with van der Waals surface area (Å²) in [5, 5.41) is 3.31. The van der Waals surface area contributed by atoms with Crippen molar-refractivity contribution in [2.45, 2.75) is 18.9 Å². The first-order valence-electron chi connectivity index (χ1n) is 6.79. The van der Waals surface area contributed by atoms with Crippen molar-refractivity contribution in [3.8, 4) is 5.75 Å². The maximum Gasteiger partial charge on any atom is 0.165 e. The maximum atomic E-state index is 13.6. The van der Waals surface area contributed by atoms with E-state index in [2.05, 4.69) is 17.4 Å². The lowest BCUT2D eigenvalue weighted by Crippen LogP contribution is -2.17. The highest BCUT2D eigenvalue weighted by Crippen LogP contribution is 2.22. The quantitative estimate of drug-likeness (QED) is 0.866. The minimum Gasteiger partial charge on any atom is -0.494 e. The maximum absolute atomic E-state index is 13.6. The highest BCUT2D eigenvalue weighted by atomic mass is 19.1. The molecule has 0 saturated heterocycles. The van der Waals surface area contributed by atoms with Crippen LogP contribution in [-0.2, 0) is 6.42 Å². The monoisotopic (exact) mass is 273 g/mol. The molecule has 0 aliphatic carbocycles. The second-order valence-corrected chi connectivity index (χ2v) is 4.76. The van der Waals surface area contributed by atoms with E-state index in [9.17, 15) is 4.39 Å². The van der Waals surface area contributed by atoms with Gasteiger partial charge in [0, 0.05) is 6.04 Å². The molecule has 0 fully saturated rings. The fraction of sp³-hybridized carbons (Fsp3) is 0.294. The molecule has 106 valence electrons. The van der Waals surface area contributed by atoms with Crippen molar-refractivity contribution in [2.75, 3.05) is 14.2 Å². The number of rotatable bonds is 6. The van der Waals surface area contributed by atoms with Gasteiger partial charge in [-0.25, -0.2) is 4.39 Å². The highest BCUT2D eigenvalue weighted by Gasteiger charge is 2.10. The predicted molar refractivity (Wildman–Crippen MR) is 79.5 cm³/mol. The van der Waals surface area contributed by atoms with Crippen molar-refractivity contribution in [3.05, 3.63) is 65.5 Å². The molecule has 0 saturated carbocycles. The molecule has 1 atom stereocenters. The molecule has 1 N–H and O–H groups in total. The van der Waals surface area contributed by atoms with Gasteiger partial charge in [0.1, 0.15) is 0 Å². The Balaban J connectivity index is 2.02. The van der Waals surface area contributed by atoms with Crippen LogP contribution >= 0.6 is 0 Å². The summed E-state index contributed by atoms with van der Waals surface area (Å²) in [6, 6.07) is 15.7. The van der Waals surface area contributed by atoms with Crippen LogP contribution in [0.2, 0.25) is 0 Å². The largest absolute Gasteiger partial charge is 0.494 e. The van der Waals surface area contributed by atoms with Gasteiger partial charge in [0.15, 0.2) is 11.6 Å². The van der Waals surface area contributed by atoms with E-state index in [-0.39, 0.29) is 11.9 Å². The molecule has 0 aliphatic rings. The summed E-state index contributed by atoms with van der Waals surface area (Å²) in [5.74, 6) is -0.00676. The zero-order valence-corrected chi connectivity index (χ0v) is 11.9. The molecular weight excluding hydrogens is 253 g/mol. The standard InChI is InChI=1S/C17H20FNO/c1-19-16(14-6-4-3-5-7-14)10-8-13-9-11-17(20-2)15(18)12-13/h3-7,9,11-12,16,19H,8,10H2,1-2H3. The average Bonchev–Trinajstić information content (AvgIpc) is 2.49. The second kappa shape index (κ2) is 7.06. The molecule has 0 bridgehead atoms. The minimum atomic E-state index is -0.300. The Bertz CT molecular complexity index is 542. The van der Waals surface area contributed by atoms with Crippen LogP contribution in [0.1, 0.15) is 23.6 Å². The number of nitrogens with one attached hydrogen (secondary N) is 1. The van der Waals surface area contributed by atoms with E-state index in [0.29, 0.717) is 5.75 Å². The molecule has 0 aliphatic heterocycles. The normalized spacial score (nSPS) is 12.2. The number of benzene rings is 2. The summed E-state index contributed by atoms with van der Waals surface area (Å²) < 4.78 is 18.6. The van der Waals surface area contributed by atoms with E-state index in [0.717, 1.165) is 18.4 Å². The van der Waals surface area contributed by atoms with Crippen LogP contribution in [0.4, 0.5) is 4.39 Å². The molecular formula is C17H20FNO. The van der Waals surface area contributed by atoms with Crippen molar-refractivity contribution in [3.63, 3.8) is 0 Å². The third-order valence-corrected chi connectivity index (χ3v) is 3.49. The summed E-state index contributed by atoms with van der Waals surface area (Å²) in [6.07, 6.45) is 1.74. The number of hydrogen-bond acceptors (Lipinski definition) is 2. The fourth-order valence-electron chi connectivity index (χ4n) is 2.34. The van der Waals surface area contributed by atoms with Crippen molar-refractivity contribution in [2.24, 2.45) is 0 Å². The molecule has 0 spiro atoms. The average molecular weight is 273 g/mol.